The van der Waals surface area contributed by atoms with Crippen LogP contribution in [0, 0.1) is 0 Å². The van der Waals surface area contributed by atoms with E-state index in [4.69, 9.17) is 4.74 Å². The van der Waals surface area contributed by atoms with Crippen molar-refractivity contribution in [3.05, 3.63) is 48.4 Å². The van der Waals surface area contributed by atoms with Gasteiger partial charge in [-0.3, -0.25) is 4.79 Å². The Kier molecular flexibility index (Phi) is 6.14. The molecule has 0 spiro atoms. The van der Waals surface area contributed by atoms with Gasteiger partial charge in [-0.15, -0.1) is 6.58 Å². The molecule has 1 heterocycles. The second-order valence-corrected chi connectivity index (χ2v) is 5.50. The van der Waals surface area contributed by atoms with E-state index in [1.54, 1.807) is 42.2 Å². The Labute approximate surface area is 148 Å². The molecule has 6 nitrogen and oxygen atoms in total. The maximum absolute atomic E-state index is 12.5. The molecule has 0 aliphatic heterocycles. The highest BCUT2D eigenvalue weighted by Gasteiger charge is 2.38. The number of amides is 1. The van der Waals surface area contributed by atoms with Gasteiger partial charge in [0, 0.05) is 25.8 Å². The fourth-order valence-electron chi connectivity index (χ4n) is 2.18. The van der Waals surface area contributed by atoms with Crippen LogP contribution in [-0.4, -0.2) is 40.7 Å². The number of rotatable bonds is 7. The van der Waals surface area contributed by atoms with E-state index in [0.29, 0.717) is 18.7 Å². The first-order valence-electron chi connectivity index (χ1n) is 7.69. The molecule has 0 bridgehead atoms. The van der Waals surface area contributed by atoms with E-state index < -0.39 is 18.2 Å². The van der Waals surface area contributed by atoms with Gasteiger partial charge in [-0.05, 0) is 12.5 Å². The summed E-state index contributed by atoms with van der Waals surface area (Å²) in [6, 6.07) is 6.49. The molecule has 9 heteroatoms. The van der Waals surface area contributed by atoms with Crippen LogP contribution in [0.15, 0.2) is 41.4 Å². The van der Waals surface area contributed by atoms with Gasteiger partial charge in [-0.1, -0.05) is 35.5 Å². The Morgan fingerprint density at radius 2 is 2.04 bits per heavy atom. The van der Waals surface area contributed by atoms with Crippen molar-refractivity contribution in [3.63, 3.8) is 0 Å². The summed E-state index contributed by atoms with van der Waals surface area (Å²) in [4.78, 5) is 17.2. The Balaban J connectivity index is 2.14. The summed E-state index contributed by atoms with van der Waals surface area (Å²) in [7, 11) is 1.45. The Morgan fingerprint density at radius 3 is 2.54 bits per heavy atom. The predicted octanol–water partition coefficient (Wildman–Crippen LogP) is 3.30. The number of aromatic nitrogens is 2. The van der Waals surface area contributed by atoms with Crippen molar-refractivity contribution in [3.8, 4) is 11.4 Å². The minimum Gasteiger partial charge on any atom is -0.372 e. The van der Waals surface area contributed by atoms with Gasteiger partial charge < -0.3 is 14.2 Å². The zero-order chi connectivity index (χ0) is 19.3. The summed E-state index contributed by atoms with van der Waals surface area (Å²) >= 11 is 0. The molecule has 1 aromatic carbocycles. The average Bonchev–Trinajstić information content (AvgIpc) is 3.11. The summed E-state index contributed by atoms with van der Waals surface area (Å²) in [5.41, 5.74) is 1.16. The van der Waals surface area contributed by atoms with Crippen LogP contribution in [0.4, 0.5) is 13.2 Å². The molecule has 0 N–H and O–H groups in total. The molecule has 0 radical (unpaired) electrons. The quantitative estimate of drug-likeness (QED) is 0.701. The van der Waals surface area contributed by atoms with Crippen LogP contribution < -0.4 is 0 Å². The highest BCUT2D eigenvalue weighted by molar-refractivity contribution is 5.80. The molecule has 0 saturated carbocycles. The van der Waals surface area contributed by atoms with E-state index in [1.807, 2.05) is 0 Å². The third-order valence-electron chi connectivity index (χ3n) is 3.62. The molecule has 26 heavy (non-hydrogen) atoms. The van der Waals surface area contributed by atoms with E-state index in [0.717, 1.165) is 5.56 Å². The van der Waals surface area contributed by atoms with E-state index >= 15 is 0 Å². The number of hydrogen-bond donors (Lipinski definition) is 0. The third-order valence-corrected chi connectivity index (χ3v) is 3.62. The molecular formula is C17H18F3N3O3. The largest absolute Gasteiger partial charge is 0.471 e. The topological polar surface area (TPSA) is 68.5 Å². The lowest BCUT2D eigenvalue weighted by molar-refractivity contribution is -0.159. The molecule has 1 aromatic heterocycles. The van der Waals surface area contributed by atoms with Gasteiger partial charge in [-0.25, -0.2) is 0 Å². The van der Waals surface area contributed by atoms with Crippen LogP contribution in [0.25, 0.3) is 11.4 Å². The Bertz CT molecular complexity index is 757. The van der Waals surface area contributed by atoms with Gasteiger partial charge in [0.15, 0.2) is 0 Å². The number of hydrogen-bond acceptors (Lipinski definition) is 5. The van der Waals surface area contributed by atoms with Crippen molar-refractivity contribution < 1.29 is 27.2 Å². The van der Waals surface area contributed by atoms with Crippen LogP contribution in [0.3, 0.4) is 0 Å². The Hall–Kier alpha value is -2.68. The van der Waals surface area contributed by atoms with Crippen molar-refractivity contribution in [1.29, 1.82) is 0 Å². The van der Waals surface area contributed by atoms with E-state index in [1.165, 1.54) is 7.11 Å². The number of alkyl halides is 3. The molecule has 0 aliphatic carbocycles. The summed E-state index contributed by atoms with van der Waals surface area (Å²) < 4.78 is 46.8. The number of methoxy groups -OCH3 is 1. The van der Waals surface area contributed by atoms with Crippen LogP contribution in [0.1, 0.15) is 18.4 Å². The monoisotopic (exact) mass is 369 g/mol. The number of nitrogens with zero attached hydrogens (tertiary/aromatic N) is 3. The van der Waals surface area contributed by atoms with E-state index in [-0.39, 0.29) is 11.7 Å². The fourth-order valence-corrected chi connectivity index (χ4v) is 2.18. The molecule has 0 fully saturated rings. The number of benzene rings is 1. The van der Waals surface area contributed by atoms with Gasteiger partial charge in [0.25, 0.3) is 5.91 Å². The highest BCUT2D eigenvalue weighted by atomic mass is 19.4. The van der Waals surface area contributed by atoms with Gasteiger partial charge in [0.05, 0.1) is 0 Å². The van der Waals surface area contributed by atoms with Crippen molar-refractivity contribution in [2.45, 2.75) is 25.7 Å². The maximum atomic E-state index is 12.5. The third kappa shape index (κ3) is 4.69. The fraction of sp³-hybridized carbons (Fsp3) is 0.353. The smallest absolute Gasteiger partial charge is 0.372 e. The summed E-state index contributed by atoms with van der Waals surface area (Å²) in [5.74, 6) is -1.74. The normalized spacial score (nSPS) is 12.7. The van der Waals surface area contributed by atoms with Crippen molar-refractivity contribution >= 4 is 5.91 Å². The first kappa shape index (κ1) is 19.6. The minimum atomic E-state index is -4.69. The van der Waals surface area contributed by atoms with Gasteiger partial charge in [0.1, 0.15) is 6.10 Å². The van der Waals surface area contributed by atoms with Crippen molar-refractivity contribution in [2.75, 3.05) is 13.7 Å². The molecule has 0 aliphatic rings. The SMILES string of the molecule is C=CCN(Cc1ccc(-c2noc(C(F)(F)F)n2)cc1)C(=O)C(C)OC. The molecule has 0 saturated heterocycles. The zero-order valence-corrected chi connectivity index (χ0v) is 14.3. The lowest BCUT2D eigenvalue weighted by atomic mass is 10.1. The molecular weight excluding hydrogens is 351 g/mol. The first-order valence-corrected chi connectivity index (χ1v) is 7.69. The number of halogens is 3. The summed E-state index contributed by atoms with van der Waals surface area (Å²) in [5, 5.41) is 3.34. The second kappa shape index (κ2) is 8.13. The van der Waals surface area contributed by atoms with Crippen LogP contribution in [0.5, 0.6) is 0 Å². The van der Waals surface area contributed by atoms with Gasteiger partial charge in [-0.2, -0.15) is 18.2 Å². The number of ether oxygens (including phenoxy) is 1. The molecule has 1 atom stereocenters. The van der Waals surface area contributed by atoms with Crippen LogP contribution in [0.2, 0.25) is 0 Å². The summed E-state index contributed by atoms with van der Waals surface area (Å²) in [6.07, 6.45) is -3.67. The molecule has 140 valence electrons. The number of carbonyl (C=O) groups excluding carboxylic acids is 1. The van der Waals surface area contributed by atoms with Gasteiger partial charge >= 0.3 is 12.1 Å². The van der Waals surface area contributed by atoms with Crippen LogP contribution >= 0.6 is 0 Å². The van der Waals surface area contributed by atoms with Gasteiger partial charge in [0.2, 0.25) is 5.82 Å². The second-order valence-electron chi connectivity index (χ2n) is 5.50. The minimum absolute atomic E-state index is 0.157. The number of carbonyl (C=O) groups is 1. The van der Waals surface area contributed by atoms with Crippen LogP contribution in [-0.2, 0) is 22.3 Å². The lowest BCUT2D eigenvalue weighted by Gasteiger charge is -2.24. The van der Waals surface area contributed by atoms with Crippen molar-refractivity contribution in [2.24, 2.45) is 0 Å². The predicted molar refractivity (Wildman–Crippen MR) is 86.8 cm³/mol. The van der Waals surface area contributed by atoms with Crippen molar-refractivity contribution in [1.82, 2.24) is 15.0 Å². The summed E-state index contributed by atoms with van der Waals surface area (Å²) in [6.45, 7) is 5.93. The van der Waals surface area contributed by atoms with E-state index in [9.17, 15) is 18.0 Å². The molecule has 2 rings (SSSR count). The Morgan fingerprint density at radius 1 is 1.38 bits per heavy atom. The first-order chi connectivity index (χ1) is 12.3. The van der Waals surface area contributed by atoms with E-state index in [2.05, 4.69) is 21.2 Å². The average molecular weight is 369 g/mol. The molecule has 2 aromatic rings. The maximum Gasteiger partial charge on any atom is 0.471 e. The lowest BCUT2D eigenvalue weighted by Crippen LogP contribution is -2.38. The molecule has 1 amide bonds. The zero-order valence-electron chi connectivity index (χ0n) is 14.3. The molecule has 1 unspecified atom stereocenters. The highest BCUT2D eigenvalue weighted by Crippen LogP contribution is 2.29. The standard InChI is InChI=1S/C17H18F3N3O3/c1-4-9-23(15(24)11(2)25-3)10-12-5-7-13(8-6-12)14-21-16(26-22-14)17(18,19)20/h4-8,11H,1,9-10H2,2-3H3.